The topological polar surface area (TPSA) is 90.7 Å². The van der Waals surface area contributed by atoms with Gasteiger partial charge in [-0.1, -0.05) is 19.4 Å². The first kappa shape index (κ1) is 13.0. The maximum atomic E-state index is 11.6. The van der Waals surface area contributed by atoms with Gasteiger partial charge in [0, 0.05) is 0 Å². The summed E-state index contributed by atoms with van der Waals surface area (Å²) in [5.74, 6) is -0.396. The molecule has 1 aromatic rings. The van der Waals surface area contributed by atoms with E-state index in [1.807, 2.05) is 6.92 Å². The van der Waals surface area contributed by atoms with Crippen LogP contribution in [0.4, 0.5) is 5.69 Å². The Hall–Kier alpha value is -2.04. The van der Waals surface area contributed by atoms with E-state index in [2.05, 4.69) is 4.99 Å². The van der Waals surface area contributed by atoms with Gasteiger partial charge in [0.2, 0.25) is 0 Å². The van der Waals surface area contributed by atoms with Crippen LogP contribution >= 0.6 is 0 Å². The highest BCUT2D eigenvalue weighted by Gasteiger charge is 2.06. The Bertz CT molecular complexity index is 412. The van der Waals surface area contributed by atoms with Crippen LogP contribution in [0.1, 0.15) is 30.1 Å². The molecule has 0 aromatic heterocycles. The largest absolute Gasteiger partial charge is 0.462 e. The fourth-order valence-electron chi connectivity index (χ4n) is 1.24. The second-order valence-electron chi connectivity index (χ2n) is 3.58. The molecule has 0 unspecified atom stereocenters. The van der Waals surface area contributed by atoms with Crippen molar-refractivity contribution in [3.8, 4) is 0 Å². The van der Waals surface area contributed by atoms with Crippen molar-refractivity contribution in [1.29, 1.82) is 0 Å². The number of esters is 1. The molecule has 0 heterocycles. The molecular weight excluding hydrogens is 218 g/mol. The molecule has 0 spiro atoms. The molecule has 1 aromatic carbocycles. The zero-order valence-corrected chi connectivity index (χ0v) is 9.85. The Balaban J connectivity index is 2.71. The fourth-order valence-corrected chi connectivity index (χ4v) is 1.24. The first-order valence-electron chi connectivity index (χ1n) is 5.50. The van der Waals surface area contributed by atoms with Crippen LogP contribution in [0, 0.1) is 0 Å². The number of ether oxygens (including phenoxy) is 1. The molecule has 0 aliphatic heterocycles. The molecule has 4 N–H and O–H groups in total. The number of carbonyl (C=O) groups excluding carboxylic acids is 1. The summed E-state index contributed by atoms with van der Waals surface area (Å²) in [4.78, 5) is 15.5. The number of nitrogens with two attached hydrogens (primary N) is 2. The lowest BCUT2D eigenvalue weighted by molar-refractivity contribution is 0.0500. The van der Waals surface area contributed by atoms with Gasteiger partial charge in [0.25, 0.3) is 0 Å². The standard InChI is InChI=1S/C12H17N3O2/c1-2-3-7-17-11(16)9-5-4-6-10(8-9)15-12(13)14/h4-6,8H,2-3,7H2,1H3,(H4,13,14,15). The zero-order valence-electron chi connectivity index (χ0n) is 9.85. The molecule has 0 fully saturated rings. The number of nitrogens with zero attached hydrogens (tertiary/aromatic N) is 1. The lowest BCUT2D eigenvalue weighted by atomic mass is 10.2. The van der Waals surface area contributed by atoms with Crippen LogP contribution < -0.4 is 11.5 Å². The van der Waals surface area contributed by atoms with Crippen molar-refractivity contribution in [3.05, 3.63) is 29.8 Å². The van der Waals surface area contributed by atoms with E-state index in [1.54, 1.807) is 24.3 Å². The predicted molar refractivity (Wildman–Crippen MR) is 67.1 cm³/mol. The van der Waals surface area contributed by atoms with Crippen molar-refractivity contribution >= 4 is 17.6 Å². The van der Waals surface area contributed by atoms with Crippen LogP contribution in [0.15, 0.2) is 29.3 Å². The summed E-state index contributed by atoms with van der Waals surface area (Å²) in [6.45, 7) is 2.47. The van der Waals surface area contributed by atoms with Gasteiger partial charge in [0.1, 0.15) is 0 Å². The third-order valence-corrected chi connectivity index (χ3v) is 2.07. The quantitative estimate of drug-likeness (QED) is 0.350. The van der Waals surface area contributed by atoms with Crippen LogP contribution in [-0.2, 0) is 4.74 Å². The van der Waals surface area contributed by atoms with Gasteiger partial charge in [0.15, 0.2) is 5.96 Å². The third-order valence-electron chi connectivity index (χ3n) is 2.07. The van der Waals surface area contributed by atoms with Crippen molar-refractivity contribution in [2.24, 2.45) is 16.5 Å². The highest BCUT2D eigenvalue weighted by Crippen LogP contribution is 2.14. The van der Waals surface area contributed by atoms with E-state index in [9.17, 15) is 4.79 Å². The normalized spacial score (nSPS) is 9.71. The molecule has 5 nitrogen and oxygen atoms in total. The van der Waals surface area contributed by atoms with Gasteiger partial charge in [-0.25, -0.2) is 9.79 Å². The number of guanidine groups is 1. The maximum absolute atomic E-state index is 11.6. The Morgan fingerprint density at radius 2 is 2.18 bits per heavy atom. The van der Waals surface area contributed by atoms with Crippen molar-refractivity contribution in [3.63, 3.8) is 0 Å². The monoisotopic (exact) mass is 235 g/mol. The van der Waals surface area contributed by atoms with Crippen LogP contribution in [0.5, 0.6) is 0 Å². The number of benzene rings is 1. The minimum absolute atomic E-state index is 0.0403. The summed E-state index contributed by atoms with van der Waals surface area (Å²) in [6.07, 6.45) is 1.85. The molecule has 0 saturated heterocycles. The Morgan fingerprint density at radius 3 is 2.82 bits per heavy atom. The third kappa shape index (κ3) is 4.55. The summed E-state index contributed by atoms with van der Waals surface area (Å²) in [5, 5.41) is 0. The molecule has 1 rings (SSSR count). The summed E-state index contributed by atoms with van der Waals surface area (Å²) in [7, 11) is 0. The van der Waals surface area contributed by atoms with E-state index in [0.717, 1.165) is 12.8 Å². The fraction of sp³-hybridized carbons (Fsp3) is 0.333. The number of aliphatic imine (C=N–C) groups is 1. The van der Waals surface area contributed by atoms with Crippen molar-refractivity contribution in [1.82, 2.24) is 0 Å². The molecule has 0 bridgehead atoms. The minimum Gasteiger partial charge on any atom is -0.462 e. The summed E-state index contributed by atoms with van der Waals surface area (Å²) >= 11 is 0. The van der Waals surface area contributed by atoms with Crippen LogP contribution in [-0.4, -0.2) is 18.5 Å². The number of rotatable bonds is 5. The number of unbranched alkanes of at least 4 members (excludes halogenated alkanes) is 1. The molecular formula is C12H17N3O2. The molecule has 0 atom stereocenters. The van der Waals surface area contributed by atoms with E-state index < -0.39 is 0 Å². The second-order valence-corrected chi connectivity index (χ2v) is 3.58. The lowest BCUT2D eigenvalue weighted by Crippen LogP contribution is -2.21. The first-order chi connectivity index (χ1) is 8.13. The van der Waals surface area contributed by atoms with Crippen LogP contribution in [0.2, 0.25) is 0 Å². The van der Waals surface area contributed by atoms with Gasteiger partial charge in [-0.15, -0.1) is 0 Å². The Labute approximate surface area is 100 Å². The minimum atomic E-state index is -0.355. The van der Waals surface area contributed by atoms with Gasteiger partial charge < -0.3 is 16.2 Å². The molecule has 0 amide bonds. The summed E-state index contributed by atoms with van der Waals surface area (Å²) < 4.78 is 5.08. The van der Waals surface area contributed by atoms with Crippen molar-refractivity contribution in [2.75, 3.05) is 6.61 Å². The highest BCUT2D eigenvalue weighted by molar-refractivity contribution is 5.90. The number of hydrogen-bond donors (Lipinski definition) is 2. The van der Waals surface area contributed by atoms with Gasteiger partial charge in [0.05, 0.1) is 17.9 Å². The zero-order chi connectivity index (χ0) is 12.7. The van der Waals surface area contributed by atoms with E-state index in [4.69, 9.17) is 16.2 Å². The van der Waals surface area contributed by atoms with Crippen LogP contribution in [0.25, 0.3) is 0 Å². The molecule has 0 radical (unpaired) electrons. The molecule has 92 valence electrons. The van der Waals surface area contributed by atoms with Gasteiger partial charge in [-0.3, -0.25) is 0 Å². The smallest absolute Gasteiger partial charge is 0.338 e. The lowest BCUT2D eigenvalue weighted by Gasteiger charge is -2.04. The van der Waals surface area contributed by atoms with E-state index >= 15 is 0 Å². The van der Waals surface area contributed by atoms with Crippen LogP contribution in [0.3, 0.4) is 0 Å². The SMILES string of the molecule is CCCCOC(=O)c1cccc(N=C(N)N)c1. The predicted octanol–water partition coefficient (Wildman–Crippen LogP) is 1.55. The van der Waals surface area contributed by atoms with Gasteiger partial charge in [-0.2, -0.15) is 0 Å². The Morgan fingerprint density at radius 1 is 1.41 bits per heavy atom. The van der Waals surface area contributed by atoms with E-state index in [1.165, 1.54) is 0 Å². The average molecular weight is 235 g/mol. The Kier molecular flexibility index (Phi) is 5.00. The molecule has 0 saturated carbocycles. The second kappa shape index (κ2) is 6.52. The number of hydrogen-bond acceptors (Lipinski definition) is 3. The molecule has 17 heavy (non-hydrogen) atoms. The van der Waals surface area contributed by atoms with E-state index in [0.29, 0.717) is 17.9 Å². The van der Waals surface area contributed by atoms with Crippen molar-refractivity contribution < 1.29 is 9.53 Å². The van der Waals surface area contributed by atoms with Gasteiger partial charge >= 0.3 is 5.97 Å². The summed E-state index contributed by atoms with van der Waals surface area (Å²) in [6, 6.07) is 6.68. The van der Waals surface area contributed by atoms with Gasteiger partial charge in [-0.05, 0) is 24.6 Å². The molecule has 5 heteroatoms. The maximum Gasteiger partial charge on any atom is 0.338 e. The molecule has 0 aliphatic rings. The number of carbonyl (C=O) groups is 1. The highest BCUT2D eigenvalue weighted by atomic mass is 16.5. The van der Waals surface area contributed by atoms with Crippen molar-refractivity contribution in [2.45, 2.75) is 19.8 Å². The average Bonchev–Trinajstić information content (AvgIpc) is 2.28. The first-order valence-corrected chi connectivity index (χ1v) is 5.50. The summed E-state index contributed by atoms with van der Waals surface area (Å²) in [5.41, 5.74) is 11.5. The molecule has 0 aliphatic carbocycles. The van der Waals surface area contributed by atoms with E-state index in [-0.39, 0.29) is 11.9 Å².